The minimum absolute atomic E-state index is 1.01. The monoisotopic (exact) mass is 157 g/mol. The molecule has 0 aliphatic heterocycles. The van der Waals surface area contributed by atoms with Crippen molar-refractivity contribution in [3.05, 3.63) is 24.4 Å². The fourth-order valence-electron chi connectivity index (χ4n) is 0.0680. The highest BCUT2D eigenvalue weighted by Gasteiger charge is 1.67. The maximum atomic E-state index is 5.05. The number of nitrogens with two attached hydrogens (primary N) is 1. The van der Waals surface area contributed by atoms with Crippen LogP contribution in [0.5, 0.6) is 0 Å². The van der Waals surface area contributed by atoms with Crippen LogP contribution in [-0.2, 0) is 0 Å². The van der Waals surface area contributed by atoms with E-state index in [1.807, 2.05) is 20.8 Å². The highest BCUT2D eigenvalue weighted by atomic mass is 14.5. The van der Waals surface area contributed by atoms with Crippen LogP contribution in [0.15, 0.2) is 24.4 Å². The zero-order valence-corrected chi connectivity index (χ0v) is 8.65. The molecule has 1 nitrogen and oxygen atoms in total. The van der Waals surface area contributed by atoms with E-state index in [0.29, 0.717) is 0 Å². The average Bonchev–Trinajstić information content (AvgIpc) is 2.08. The Labute approximate surface area is 72.0 Å². The summed E-state index contributed by atoms with van der Waals surface area (Å²) in [5.74, 6) is 0. The lowest BCUT2D eigenvalue weighted by Gasteiger charge is -1.78. The summed E-state index contributed by atoms with van der Waals surface area (Å²) >= 11 is 0. The topological polar surface area (TPSA) is 26.0 Å². The zero-order chi connectivity index (χ0) is 9.70. The number of hydrogen-bond donors (Lipinski definition) is 1. The van der Waals surface area contributed by atoms with Crippen LogP contribution >= 0.6 is 0 Å². The molecule has 0 saturated carbocycles. The third-order valence-corrected chi connectivity index (χ3v) is 0.585. The molecule has 0 aliphatic rings. The van der Waals surface area contributed by atoms with Crippen LogP contribution in [0.4, 0.5) is 0 Å². The minimum Gasteiger partial charge on any atom is -0.404 e. The Balaban J connectivity index is -0.000000109. The van der Waals surface area contributed by atoms with Gasteiger partial charge in [-0.3, -0.25) is 0 Å². The lowest BCUT2D eigenvalue weighted by molar-refractivity contribution is 1.09. The molecule has 0 fully saturated rings. The van der Waals surface area contributed by atoms with Crippen LogP contribution in [0.2, 0.25) is 0 Å². The van der Waals surface area contributed by atoms with Gasteiger partial charge in [0.15, 0.2) is 0 Å². The SMILES string of the molecule is C=C/C(C)=C\N.CC.CCC. The van der Waals surface area contributed by atoms with Gasteiger partial charge in [-0.1, -0.05) is 46.8 Å². The molecule has 0 bridgehead atoms. The van der Waals surface area contributed by atoms with Crippen molar-refractivity contribution in [2.45, 2.75) is 41.0 Å². The molecule has 0 rings (SSSR count). The Morgan fingerprint density at radius 2 is 1.64 bits per heavy atom. The number of hydrogen-bond acceptors (Lipinski definition) is 1. The van der Waals surface area contributed by atoms with Crippen molar-refractivity contribution in [1.82, 2.24) is 0 Å². The van der Waals surface area contributed by atoms with E-state index in [2.05, 4.69) is 20.4 Å². The van der Waals surface area contributed by atoms with E-state index in [-0.39, 0.29) is 0 Å². The molecular weight excluding hydrogens is 134 g/mol. The molecule has 0 atom stereocenters. The Morgan fingerprint density at radius 3 is 1.64 bits per heavy atom. The predicted molar refractivity (Wildman–Crippen MR) is 55.5 cm³/mol. The smallest absolute Gasteiger partial charge is 0.00328 e. The molecule has 0 radical (unpaired) electrons. The van der Waals surface area contributed by atoms with Crippen molar-refractivity contribution < 1.29 is 0 Å². The van der Waals surface area contributed by atoms with Gasteiger partial charge in [0.1, 0.15) is 0 Å². The van der Waals surface area contributed by atoms with Gasteiger partial charge >= 0.3 is 0 Å². The quantitative estimate of drug-likeness (QED) is 0.579. The zero-order valence-electron chi connectivity index (χ0n) is 8.65. The predicted octanol–water partition coefficient (Wildman–Crippen LogP) is 3.48. The van der Waals surface area contributed by atoms with Gasteiger partial charge in [-0.25, -0.2) is 0 Å². The van der Waals surface area contributed by atoms with E-state index in [1.165, 1.54) is 12.6 Å². The van der Waals surface area contributed by atoms with Crippen molar-refractivity contribution in [1.29, 1.82) is 0 Å². The van der Waals surface area contributed by atoms with Gasteiger partial charge in [-0.15, -0.1) is 0 Å². The maximum absolute atomic E-state index is 5.05. The summed E-state index contributed by atoms with van der Waals surface area (Å²) in [5, 5.41) is 0. The first-order valence-corrected chi connectivity index (χ1v) is 4.23. The Kier molecular flexibility index (Phi) is 34.7. The van der Waals surface area contributed by atoms with Gasteiger partial charge < -0.3 is 5.73 Å². The normalized spacial score (nSPS) is 8.27. The molecule has 0 aromatic heterocycles. The molecular formula is C10H23N. The van der Waals surface area contributed by atoms with Crippen LogP contribution in [0, 0.1) is 0 Å². The standard InChI is InChI=1S/C5H9N.C3H8.C2H6/c1-3-5(2)4-6;1-3-2;1-2/h3-4H,1,6H2,2H3;3H2,1-2H3;1-2H3/b5-4-;;. The highest BCUT2D eigenvalue weighted by molar-refractivity contribution is 5.10. The van der Waals surface area contributed by atoms with Crippen molar-refractivity contribution in [2.24, 2.45) is 5.73 Å². The summed E-state index contributed by atoms with van der Waals surface area (Å²) in [6.07, 6.45) is 4.48. The van der Waals surface area contributed by atoms with Crippen LogP contribution in [0.1, 0.15) is 41.0 Å². The lowest BCUT2D eigenvalue weighted by atomic mass is 10.3. The van der Waals surface area contributed by atoms with E-state index in [1.54, 1.807) is 6.08 Å². The second kappa shape index (κ2) is 22.8. The minimum atomic E-state index is 1.01. The van der Waals surface area contributed by atoms with Gasteiger partial charge in [0, 0.05) is 0 Å². The first kappa shape index (κ1) is 16.7. The van der Waals surface area contributed by atoms with Gasteiger partial charge in [0.05, 0.1) is 0 Å². The first-order chi connectivity index (χ1) is 5.22. The molecule has 0 heterocycles. The maximum Gasteiger partial charge on any atom is -0.00328 e. The van der Waals surface area contributed by atoms with E-state index in [4.69, 9.17) is 5.73 Å². The van der Waals surface area contributed by atoms with Crippen molar-refractivity contribution in [3.8, 4) is 0 Å². The first-order valence-electron chi connectivity index (χ1n) is 4.23. The van der Waals surface area contributed by atoms with E-state index in [9.17, 15) is 0 Å². The fourth-order valence-corrected chi connectivity index (χ4v) is 0.0680. The fraction of sp³-hybridized carbons (Fsp3) is 0.600. The molecule has 1 heteroatoms. The molecule has 2 N–H and O–H groups in total. The number of allylic oxidation sites excluding steroid dienone is 2. The Bertz CT molecular complexity index is 82.9. The van der Waals surface area contributed by atoms with E-state index < -0.39 is 0 Å². The summed E-state index contributed by atoms with van der Waals surface area (Å²) in [7, 11) is 0. The number of rotatable bonds is 1. The molecule has 0 amide bonds. The van der Waals surface area contributed by atoms with Crippen molar-refractivity contribution in [2.75, 3.05) is 0 Å². The second-order valence-corrected chi connectivity index (χ2v) is 1.82. The van der Waals surface area contributed by atoms with Crippen LogP contribution in [0.25, 0.3) is 0 Å². The van der Waals surface area contributed by atoms with Crippen LogP contribution in [0.3, 0.4) is 0 Å². The van der Waals surface area contributed by atoms with Crippen molar-refractivity contribution >= 4 is 0 Å². The van der Waals surface area contributed by atoms with Gasteiger partial charge in [0.25, 0.3) is 0 Å². The lowest BCUT2D eigenvalue weighted by Crippen LogP contribution is -1.78. The highest BCUT2D eigenvalue weighted by Crippen LogP contribution is 1.84. The molecule has 0 unspecified atom stereocenters. The summed E-state index contributed by atoms with van der Waals surface area (Å²) in [5.41, 5.74) is 6.06. The summed E-state index contributed by atoms with van der Waals surface area (Å²) in [6, 6.07) is 0. The average molecular weight is 157 g/mol. The summed E-state index contributed by atoms with van der Waals surface area (Å²) < 4.78 is 0. The summed E-state index contributed by atoms with van der Waals surface area (Å²) in [6.45, 7) is 13.6. The van der Waals surface area contributed by atoms with Crippen LogP contribution in [-0.4, -0.2) is 0 Å². The molecule has 68 valence electrons. The summed E-state index contributed by atoms with van der Waals surface area (Å²) in [4.78, 5) is 0. The van der Waals surface area contributed by atoms with E-state index >= 15 is 0 Å². The molecule has 0 aromatic rings. The van der Waals surface area contributed by atoms with Crippen LogP contribution < -0.4 is 5.73 Å². The molecule has 11 heavy (non-hydrogen) atoms. The molecule has 0 spiro atoms. The molecule has 0 aromatic carbocycles. The van der Waals surface area contributed by atoms with Gasteiger partial charge in [-0.05, 0) is 18.7 Å². The third-order valence-electron chi connectivity index (χ3n) is 0.585. The van der Waals surface area contributed by atoms with Gasteiger partial charge in [-0.2, -0.15) is 0 Å². The Hall–Kier alpha value is -0.720. The second-order valence-electron chi connectivity index (χ2n) is 1.82. The molecule has 0 saturated heterocycles. The van der Waals surface area contributed by atoms with E-state index in [0.717, 1.165) is 5.57 Å². The largest absolute Gasteiger partial charge is 0.404 e. The Morgan fingerprint density at radius 1 is 1.36 bits per heavy atom. The van der Waals surface area contributed by atoms with Crippen molar-refractivity contribution in [3.63, 3.8) is 0 Å². The third kappa shape index (κ3) is 45.7. The van der Waals surface area contributed by atoms with Gasteiger partial charge in [0.2, 0.25) is 0 Å². The molecule has 0 aliphatic carbocycles.